The zero-order valence-corrected chi connectivity index (χ0v) is 10.7. The number of anilines is 2. The van der Waals surface area contributed by atoms with Gasteiger partial charge < -0.3 is 5.32 Å². The lowest BCUT2D eigenvalue weighted by Crippen LogP contribution is -1.98. The van der Waals surface area contributed by atoms with Gasteiger partial charge >= 0.3 is 0 Å². The molecule has 19 heavy (non-hydrogen) atoms. The summed E-state index contributed by atoms with van der Waals surface area (Å²) in [5, 5.41) is 10.4. The molecule has 0 aliphatic heterocycles. The average Bonchev–Trinajstić information content (AvgIpc) is 2.82. The zero-order valence-electron chi connectivity index (χ0n) is 9.91. The highest BCUT2D eigenvalue weighted by Gasteiger charge is 2.10. The molecule has 0 bridgehead atoms. The minimum atomic E-state index is -0.323. The molecule has 0 saturated carbocycles. The number of hydrogen-bond donors (Lipinski definition) is 2. The molecule has 0 aliphatic rings. The molecule has 2 aromatic heterocycles. The number of nitrogens with one attached hydrogen (secondary N) is 2. The van der Waals surface area contributed by atoms with E-state index >= 15 is 0 Å². The molecule has 7 heteroatoms. The summed E-state index contributed by atoms with van der Waals surface area (Å²) in [6.07, 6.45) is 1.59. The second-order valence-electron chi connectivity index (χ2n) is 4.06. The number of H-pyrrole nitrogens is 1. The summed E-state index contributed by atoms with van der Waals surface area (Å²) in [6, 6.07) is 4.49. The van der Waals surface area contributed by atoms with E-state index in [9.17, 15) is 4.39 Å². The van der Waals surface area contributed by atoms with Crippen LogP contribution >= 0.6 is 11.6 Å². The third-order valence-electron chi connectivity index (χ3n) is 2.74. The first-order valence-electron chi connectivity index (χ1n) is 5.53. The summed E-state index contributed by atoms with van der Waals surface area (Å²) < 4.78 is 13.3. The van der Waals surface area contributed by atoms with Crippen LogP contribution in [0.5, 0.6) is 0 Å². The van der Waals surface area contributed by atoms with Gasteiger partial charge in [0.25, 0.3) is 0 Å². The van der Waals surface area contributed by atoms with Crippen LogP contribution in [0.4, 0.5) is 15.9 Å². The van der Waals surface area contributed by atoms with Crippen LogP contribution < -0.4 is 5.32 Å². The van der Waals surface area contributed by atoms with Gasteiger partial charge in [0, 0.05) is 5.69 Å². The normalized spacial score (nSPS) is 10.9. The molecule has 0 amide bonds. The summed E-state index contributed by atoms with van der Waals surface area (Å²) in [7, 11) is 0. The standard InChI is InChI=1S/C12H9ClFN5/c1-6-2-3-7(14)4-9(6)16-10-8-5-15-19-11(8)18-12(13)17-10/h2-5H,1H3,(H2,15,16,17,18,19). The van der Waals surface area contributed by atoms with Crippen molar-refractivity contribution < 1.29 is 4.39 Å². The van der Waals surface area contributed by atoms with E-state index < -0.39 is 0 Å². The molecule has 0 radical (unpaired) electrons. The summed E-state index contributed by atoms with van der Waals surface area (Å²) in [6.45, 7) is 1.87. The van der Waals surface area contributed by atoms with Crippen LogP contribution in [0.1, 0.15) is 5.56 Å². The Hall–Kier alpha value is -2.21. The largest absolute Gasteiger partial charge is 0.339 e. The van der Waals surface area contributed by atoms with Gasteiger partial charge in [-0.1, -0.05) is 6.07 Å². The van der Waals surface area contributed by atoms with Crippen LogP contribution in [-0.2, 0) is 0 Å². The monoisotopic (exact) mass is 277 g/mol. The van der Waals surface area contributed by atoms with Gasteiger partial charge in [-0.15, -0.1) is 0 Å². The van der Waals surface area contributed by atoms with E-state index in [1.165, 1.54) is 12.1 Å². The lowest BCUT2D eigenvalue weighted by atomic mass is 10.2. The number of halogens is 2. The van der Waals surface area contributed by atoms with Crippen molar-refractivity contribution in [1.29, 1.82) is 0 Å². The Balaban J connectivity index is 2.10. The molecular formula is C12H9ClFN5. The SMILES string of the molecule is Cc1ccc(F)cc1Nc1nc(Cl)nc2[nH]ncc12. The summed E-state index contributed by atoms with van der Waals surface area (Å²) in [5.74, 6) is 0.161. The summed E-state index contributed by atoms with van der Waals surface area (Å²) in [5.41, 5.74) is 2.04. The number of fused-ring (bicyclic) bond motifs is 1. The molecule has 0 unspecified atom stereocenters. The molecule has 96 valence electrons. The molecule has 2 heterocycles. The second-order valence-corrected chi connectivity index (χ2v) is 4.40. The fourth-order valence-corrected chi connectivity index (χ4v) is 1.93. The maximum Gasteiger partial charge on any atom is 0.226 e. The Kier molecular flexibility index (Phi) is 2.79. The van der Waals surface area contributed by atoms with Crippen molar-refractivity contribution in [3.8, 4) is 0 Å². The highest BCUT2D eigenvalue weighted by molar-refractivity contribution is 6.28. The minimum absolute atomic E-state index is 0.0910. The van der Waals surface area contributed by atoms with E-state index in [0.29, 0.717) is 22.5 Å². The Morgan fingerprint density at radius 3 is 3.00 bits per heavy atom. The van der Waals surface area contributed by atoms with Crippen molar-refractivity contribution in [3.63, 3.8) is 0 Å². The molecular weight excluding hydrogens is 269 g/mol. The van der Waals surface area contributed by atoms with Gasteiger partial charge in [-0.2, -0.15) is 15.1 Å². The molecule has 5 nitrogen and oxygen atoms in total. The van der Waals surface area contributed by atoms with Crippen molar-refractivity contribution in [1.82, 2.24) is 20.2 Å². The third-order valence-corrected chi connectivity index (χ3v) is 2.90. The maximum atomic E-state index is 13.3. The van der Waals surface area contributed by atoms with Crippen LogP contribution in [0.25, 0.3) is 11.0 Å². The summed E-state index contributed by atoms with van der Waals surface area (Å²) >= 11 is 5.83. The fraction of sp³-hybridized carbons (Fsp3) is 0.0833. The smallest absolute Gasteiger partial charge is 0.226 e. The first-order valence-corrected chi connectivity index (χ1v) is 5.91. The first-order chi connectivity index (χ1) is 9.13. The van der Waals surface area contributed by atoms with E-state index in [-0.39, 0.29) is 11.1 Å². The van der Waals surface area contributed by atoms with E-state index in [0.717, 1.165) is 5.56 Å². The van der Waals surface area contributed by atoms with Gasteiger partial charge in [0.15, 0.2) is 5.65 Å². The Morgan fingerprint density at radius 1 is 1.32 bits per heavy atom. The number of aromatic nitrogens is 4. The van der Waals surface area contributed by atoms with Crippen molar-refractivity contribution >= 4 is 34.1 Å². The Labute approximate surface area is 112 Å². The predicted octanol–water partition coefficient (Wildman–Crippen LogP) is 3.20. The number of hydrogen-bond acceptors (Lipinski definition) is 4. The van der Waals surface area contributed by atoms with Crippen LogP contribution in [0.3, 0.4) is 0 Å². The van der Waals surface area contributed by atoms with Gasteiger partial charge in [0.1, 0.15) is 11.6 Å². The van der Waals surface area contributed by atoms with Crippen LogP contribution in [-0.4, -0.2) is 20.2 Å². The topological polar surface area (TPSA) is 66.5 Å². The number of nitrogens with zero attached hydrogens (tertiary/aromatic N) is 3. The molecule has 0 fully saturated rings. The van der Waals surface area contributed by atoms with Gasteiger partial charge in [-0.05, 0) is 36.2 Å². The second kappa shape index (κ2) is 4.47. The van der Waals surface area contributed by atoms with Crippen molar-refractivity contribution in [2.24, 2.45) is 0 Å². The molecule has 3 aromatic rings. The van der Waals surface area contributed by atoms with E-state index in [1.807, 2.05) is 6.92 Å². The van der Waals surface area contributed by atoms with Gasteiger partial charge in [-0.25, -0.2) is 4.39 Å². The highest BCUT2D eigenvalue weighted by Crippen LogP contribution is 2.26. The Bertz CT molecular complexity index is 755. The lowest BCUT2D eigenvalue weighted by Gasteiger charge is -2.09. The number of rotatable bonds is 2. The molecule has 1 aromatic carbocycles. The van der Waals surface area contributed by atoms with Crippen LogP contribution in [0, 0.1) is 12.7 Å². The van der Waals surface area contributed by atoms with Crippen molar-refractivity contribution in [3.05, 3.63) is 41.1 Å². The molecule has 0 spiro atoms. The highest BCUT2D eigenvalue weighted by atomic mass is 35.5. The molecule has 3 rings (SSSR count). The average molecular weight is 278 g/mol. The predicted molar refractivity (Wildman–Crippen MR) is 71.1 cm³/mol. The quantitative estimate of drug-likeness (QED) is 0.706. The minimum Gasteiger partial charge on any atom is -0.339 e. The number of benzene rings is 1. The fourth-order valence-electron chi connectivity index (χ4n) is 1.76. The van der Waals surface area contributed by atoms with E-state index in [1.54, 1.807) is 12.3 Å². The van der Waals surface area contributed by atoms with Gasteiger partial charge in [-0.3, -0.25) is 5.10 Å². The maximum absolute atomic E-state index is 13.3. The van der Waals surface area contributed by atoms with Gasteiger partial charge in [0.05, 0.1) is 11.6 Å². The van der Waals surface area contributed by atoms with Gasteiger partial charge in [0.2, 0.25) is 5.28 Å². The van der Waals surface area contributed by atoms with Crippen molar-refractivity contribution in [2.75, 3.05) is 5.32 Å². The molecule has 0 aliphatic carbocycles. The van der Waals surface area contributed by atoms with E-state index in [4.69, 9.17) is 11.6 Å². The molecule has 0 atom stereocenters. The number of aryl methyl sites for hydroxylation is 1. The number of aromatic amines is 1. The molecule has 2 N–H and O–H groups in total. The van der Waals surface area contributed by atoms with Crippen molar-refractivity contribution in [2.45, 2.75) is 6.92 Å². The lowest BCUT2D eigenvalue weighted by molar-refractivity contribution is 0.628. The zero-order chi connectivity index (χ0) is 13.4. The summed E-state index contributed by atoms with van der Waals surface area (Å²) in [4.78, 5) is 8.10. The third kappa shape index (κ3) is 2.22. The Morgan fingerprint density at radius 2 is 2.16 bits per heavy atom. The van der Waals surface area contributed by atoms with Crippen LogP contribution in [0.2, 0.25) is 5.28 Å². The first kappa shape index (κ1) is 11.9. The van der Waals surface area contributed by atoms with Crippen LogP contribution in [0.15, 0.2) is 24.4 Å². The van der Waals surface area contributed by atoms with E-state index in [2.05, 4.69) is 25.5 Å². The molecule has 0 saturated heterocycles.